The summed E-state index contributed by atoms with van der Waals surface area (Å²) in [7, 11) is 0. The van der Waals surface area contributed by atoms with Gasteiger partial charge < -0.3 is 20.5 Å². The molecule has 0 saturated carbocycles. The average Bonchev–Trinajstić information content (AvgIpc) is 3.46. The Kier molecular flexibility index (Phi) is 9.04. The van der Waals surface area contributed by atoms with Gasteiger partial charge in [-0.2, -0.15) is 0 Å². The molecule has 1 aliphatic rings. The number of aromatic nitrogens is 2. The minimum atomic E-state index is -1.04. The molecule has 3 amide bonds. The predicted molar refractivity (Wildman–Crippen MR) is 136 cm³/mol. The highest BCUT2D eigenvalue weighted by Crippen LogP contribution is 2.24. The van der Waals surface area contributed by atoms with Crippen LogP contribution in [0.5, 0.6) is 0 Å². The molecule has 0 aliphatic carbocycles. The molecule has 3 rings (SSSR count). The lowest BCUT2D eigenvalue weighted by atomic mass is 9.90. The van der Waals surface area contributed by atoms with Gasteiger partial charge in [0.1, 0.15) is 23.5 Å². The van der Waals surface area contributed by atoms with Crippen LogP contribution in [-0.2, 0) is 14.4 Å². The van der Waals surface area contributed by atoms with Crippen molar-refractivity contribution >= 4 is 17.7 Å². The van der Waals surface area contributed by atoms with Crippen LogP contribution in [-0.4, -0.2) is 51.2 Å². The molecule has 1 saturated heterocycles. The molecule has 8 nitrogen and oxygen atoms in total. The fourth-order valence-corrected chi connectivity index (χ4v) is 4.34. The van der Waals surface area contributed by atoms with Crippen LogP contribution in [0.15, 0.2) is 24.4 Å². The number of H-pyrrole nitrogens is 1. The van der Waals surface area contributed by atoms with E-state index >= 15 is 0 Å². The Morgan fingerprint density at radius 3 is 2.57 bits per heavy atom. The third-order valence-electron chi connectivity index (χ3n) is 6.59. The second-order valence-corrected chi connectivity index (χ2v) is 11.0. The summed E-state index contributed by atoms with van der Waals surface area (Å²) in [6.45, 7) is 10.4. The number of amides is 3. The quantitative estimate of drug-likeness (QED) is 0.462. The lowest BCUT2D eigenvalue weighted by Crippen LogP contribution is -2.50. The molecule has 0 bridgehead atoms. The van der Waals surface area contributed by atoms with E-state index in [9.17, 15) is 23.2 Å². The predicted octanol–water partition coefficient (Wildman–Crippen LogP) is 4.24. The van der Waals surface area contributed by atoms with Crippen LogP contribution in [0.2, 0.25) is 0 Å². The maximum absolute atomic E-state index is 14.2. The number of likely N-dealkylation sites (tertiary alicyclic amines) is 1. The molecular weight excluding hydrogens is 480 g/mol. The van der Waals surface area contributed by atoms with E-state index in [1.54, 1.807) is 11.8 Å². The number of hydrogen-bond donors (Lipinski definition) is 3. The number of aromatic amines is 1. The van der Waals surface area contributed by atoms with Crippen molar-refractivity contribution in [3.05, 3.63) is 41.9 Å². The largest absolute Gasteiger partial charge is 0.345 e. The van der Waals surface area contributed by atoms with E-state index in [2.05, 4.69) is 20.6 Å². The van der Waals surface area contributed by atoms with Crippen molar-refractivity contribution < 1.29 is 23.2 Å². The second kappa shape index (κ2) is 11.8. The van der Waals surface area contributed by atoms with Gasteiger partial charge in [0.25, 0.3) is 0 Å². The van der Waals surface area contributed by atoms with Crippen molar-refractivity contribution in [1.29, 1.82) is 0 Å². The Morgan fingerprint density at radius 2 is 1.95 bits per heavy atom. The SMILES string of the molecule is C[C@H](NC(=O)[C@H](CC(=O)N1CCC[C@H]1C)NC(=O)CCC(C)(C)C)c1ncc(-c2ccc(F)cc2F)[nH]1. The maximum atomic E-state index is 14.2. The number of carbonyl (C=O) groups is 3. The summed E-state index contributed by atoms with van der Waals surface area (Å²) in [6.07, 6.45) is 3.95. The first-order chi connectivity index (χ1) is 17.3. The average molecular weight is 518 g/mol. The molecule has 3 N–H and O–H groups in total. The Morgan fingerprint density at radius 1 is 1.22 bits per heavy atom. The number of rotatable bonds is 9. The number of imidazole rings is 1. The highest BCUT2D eigenvalue weighted by atomic mass is 19.1. The third-order valence-corrected chi connectivity index (χ3v) is 6.59. The molecule has 0 radical (unpaired) electrons. The summed E-state index contributed by atoms with van der Waals surface area (Å²) >= 11 is 0. The standard InChI is InChI=1S/C27H37F2N5O3/c1-16-7-6-12-34(16)24(36)14-21(32-23(35)10-11-27(3,4)5)26(37)31-17(2)25-30-15-22(33-25)19-9-8-18(28)13-20(19)29/h8-9,13,15-17,21H,6-7,10-12,14H2,1-5H3,(H,30,33)(H,31,37)(H,32,35)/t16-,17+,21+/m1/s1. The van der Waals surface area contributed by atoms with Gasteiger partial charge in [-0.25, -0.2) is 13.8 Å². The molecule has 0 unspecified atom stereocenters. The van der Waals surface area contributed by atoms with E-state index in [4.69, 9.17) is 0 Å². The van der Waals surface area contributed by atoms with Crippen LogP contribution in [0.3, 0.4) is 0 Å². The minimum absolute atomic E-state index is 0.0502. The van der Waals surface area contributed by atoms with Gasteiger partial charge in [0.2, 0.25) is 17.7 Å². The van der Waals surface area contributed by atoms with Crippen LogP contribution in [0.4, 0.5) is 8.78 Å². The Balaban J connectivity index is 1.70. The first-order valence-corrected chi connectivity index (χ1v) is 12.7. The molecule has 0 spiro atoms. The summed E-state index contributed by atoms with van der Waals surface area (Å²) in [4.78, 5) is 47.8. The molecule has 10 heteroatoms. The van der Waals surface area contributed by atoms with Crippen LogP contribution in [0.25, 0.3) is 11.3 Å². The fourth-order valence-electron chi connectivity index (χ4n) is 4.34. The number of hydrogen-bond acceptors (Lipinski definition) is 4. The van der Waals surface area contributed by atoms with Crippen LogP contribution in [0, 0.1) is 17.0 Å². The first kappa shape index (κ1) is 28.3. The molecule has 1 aliphatic heterocycles. The monoisotopic (exact) mass is 517 g/mol. The highest BCUT2D eigenvalue weighted by molar-refractivity contribution is 5.92. The number of carbonyl (C=O) groups excluding carboxylic acids is 3. The van der Waals surface area contributed by atoms with Crippen molar-refractivity contribution in [2.75, 3.05) is 6.54 Å². The highest BCUT2D eigenvalue weighted by Gasteiger charge is 2.31. The molecule has 1 aromatic carbocycles. The van der Waals surface area contributed by atoms with Crippen molar-refractivity contribution in [3.8, 4) is 11.3 Å². The summed E-state index contributed by atoms with van der Waals surface area (Å²) < 4.78 is 27.4. The van der Waals surface area contributed by atoms with E-state index in [0.29, 0.717) is 24.5 Å². The van der Waals surface area contributed by atoms with Crippen LogP contribution in [0.1, 0.15) is 78.6 Å². The van der Waals surface area contributed by atoms with Gasteiger partial charge in [0.15, 0.2) is 0 Å². The zero-order valence-electron chi connectivity index (χ0n) is 22.2. The number of nitrogens with one attached hydrogen (secondary N) is 3. The molecule has 3 atom stereocenters. The van der Waals surface area contributed by atoms with E-state index in [0.717, 1.165) is 25.0 Å². The lowest BCUT2D eigenvalue weighted by molar-refractivity contribution is -0.137. The Bertz CT molecular complexity index is 1130. The van der Waals surface area contributed by atoms with E-state index in [1.165, 1.54) is 12.3 Å². The Labute approximate surface area is 216 Å². The van der Waals surface area contributed by atoms with Gasteiger partial charge in [0, 0.05) is 30.6 Å². The molecule has 1 aromatic heterocycles. The zero-order chi connectivity index (χ0) is 27.3. The second-order valence-electron chi connectivity index (χ2n) is 11.0. The van der Waals surface area contributed by atoms with Gasteiger partial charge >= 0.3 is 0 Å². The van der Waals surface area contributed by atoms with E-state index in [1.807, 2.05) is 27.7 Å². The van der Waals surface area contributed by atoms with Crippen molar-refractivity contribution in [3.63, 3.8) is 0 Å². The van der Waals surface area contributed by atoms with Crippen LogP contribution < -0.4 is 10.6 Å². The first-order valence-electron chi connectivity index (χ1n) is 12.7. The summed E-state index contributed by atoms with van der Waals surface area (Å²) in [5.74, 6) is -2.06. The molecule has 2 heterocycles. The summed E-state index contributed by atoms with van der Waals surface area (Å²) in [6, 6.07) is 1.67. The smallest absolute Gasteiger partial charge is 0.243 e. The molecule has 1 fully saturated rings. The number of nitrogens with zero attached hydrogens (tertiary/aromatic N) is 2. The maximum Gasteiger partial charge on any atom is 0.243 e. The van der Waals surface area contributed by atoms with Gasteiger partial charge in [-0.15, -0.1) is 0 Å². The summed E-state index contributed by atoms with van der Waals surface area (Å²) in [5.41, 5.74) is 0.428. The zero-order valence-corrected chi connectivity index (χ0v) is 22.2. The van der Waals surface area contributed by atoms with Crippen LogP contribution >= 0.6 is 0 Å². The third kappa shape index (κ3) is 7.84. The van der Waals surface area contributed by atoms with E-state index < -0.39 is 29.6 Å². The van der Waals surface area contributed by atoms with Gasteiger partial charge in [-0.3, -0.25) is 14.4 Å². The molecule has 37 heavy (non-hydrogen) atoms. The summed E-state index contributed by atoms with van der Waals surface area (Å²) in [5, 5.41) is 5.54. The van der Waals surface area contributed by atoms with Gasteiger partial charge in [-0.1, -0.05) is 20.8 Å². The Hall–Kier alpha value is -3.30. The number of benzene rings is 1. The number of halogens is 2. The topological polar surface area (TPSA) is 107 Å². The normalized spacial score (nSPS) is 17.4. The lowest BCUT2D eigenvalue weighted by Gasteiger charge is -2.26. The van der Waals surface area contributed by atoms with Gasteiger partial charge in [-0.05, 0) is 50.7 Å². The van der Waals surface area contributed by atoms with Crippen molar-refractivity contribution in [2.45, 2.75) is 84.8 Å². The van der Waals surface area contributed by atoms with E-state index in [-0.39, 0.29) is 41.7 Å². The molecular formula is C27H37F2N5O3. The van der Waals surface area contributed by atoms with Crippen molar-refractivity contribution in [2.24, 2.45) is 5.41 Å². The van der Waals surface area contributed by atoms with Gasteiger partial charge in [0.05, 0.1) is 24.4 Å². The molecule has 202 valence electrons. The van der Waals surface area contributed by atoms with Crippen molar-refractivity contribution in [1.82, 2.24) is 25.5 Å². The minimum Gasteiger partial charge on any atom is -0.345 e. The molecule has 2 aromatic rings. The fraction of sp³-hybridized carbons (Fsp3) is 0.556.